The summed E-state index contributed by atoms with van der Waals surface area (Å²) in [5, 5.41) is 1.03. The molecule has 20 heavy (non-hydrogen) atoms. The number of nitrogens with zero attached hydrogens (tertiary/aromatic N) is 1. The average Bonchev–Trinajstić information content (AvgIpc) is 2.83. The molecule has 3 rings (SSSR count). The number of fused-ring (bicyclic) bond motifs is 1. The first-order valence-corrected chi connectivity index (χ1v) is 7.35. The number of aromatic amines is 1. The van der Waals surface area contributed by atoms with E-state index in [-0.39, 0.29) is 5.56 Å². The van der Waals surface area contributed by atoms with Crippen molar-refractivity contribution in [3.63, 3.8) is 0 Å². The molecule has 0 saturated carbocycles. The van der Waals surface area contributed by atoms with Gasteiger partial charge in [-0.05, 0) is 31.2 Å². The number of hydrogen-bond donors (Lipinski definition) is 1. The fourth-order valence-electron chi connectivity index (χ4n) is 1.90. The van der Waals surface area contributed by atoms with Crippen LogP contribution in [0.2, 0.25) is 5.02 Å². The number of hydrogen-bond acceptors (Lipinski definition) is 4. The monoisotopic (exact) mass is 306 g/mol. The summed E-state index contributed by atoms with van der Waals surface area (Å²) in [6.07, 6.45) is 1.65. The minimum Gasteiger partial charge on any atom is -0.468 e. The van der Waals surface area contributed by atoms with E-state index in [4.69, 9.17) is 16.0 Å². The topological polar surface area (TPSA) is 58.9 Å². The van der Waals surface area contributed by atoms with Crippen LogP contribution < -0.4 is 5.56 Å². The first-order chi connectivity index (χ1) is 9.63. The SMILES string of the molecule is Cc1occc1SCc1nc2ccc(Cl)cc2c(=O)[nH]1. The summed E-state index contributed by atoms with van der Waals surface area (Å²) in [6, 6.07) is 7.01. The van der Waals surface area contributed by atoms with Crippen molar-refractivity contribution in [3.8, 4) is 0 Å². The summed E-state index contributed by atoms with van der Waals surface area (Å²) in [4.78, 5) is 20.3. The minimum atomic E-state index is -0.169. The largest absolute Gasteiger partial charge is 0.468 e. The predicted octanol–water partition coefficient (Wildman–Crippen LogP) is 3.77. The van der Waals surface area contributed by atoms with Crippen molar-refractivity contribution in [1.82, 2.24) is 9.97 Å². The van der Waals surface area contributed by atoms with Crippen LogP contribution in [0.25, 0.3) is 10.9 Å². The van der Waals surface area contributed by atoms with Gasteiger partial charge < -0.3 is 9.40 Å². The Balaban J connectivity index is 1.91. The molecule has 0 aliphatic heterocycles. The van der Waals surface area contributed by atoms with Crippen LogP contribution in [0, 0.1) is 6.92 Å². The molecule has 6 heteroatoms. The van der Waals surface area contributed by atoms with Crippen molar-refractivity contribution >= 4 is 34.3 Å². The molecule has 0 fully saturated rings. The van der Waals surface area contributed by atoms with Crippen LogP contribution in [-0.2, 0) is 5.75 Å². The zero-order chi connectivity index (χ0) is 14.1. The lowest BCUT2D eigenvalue weighted by Crippen LogP contribution is -2.11. The molecule has 1 aromatic carbocycles. The van der Waals surface area contributed by atoms with Crippen molar-refractivity contribution in [1.29, 1.82) is 0 Å². The van der Waals surface area contributed by atoms with E-state index >= 15 is 0 Å². The lowest BCUT2D eigenvalue weighted by atomic mass is 10.2. The highest BCUT2D eigenvalue weighted by Gasteiger charge is 2.07. The lowest BCUT2D eigenvalue weighted by Gasteiger charge is -2.03. The second-order valence-corrected chi connectivity index (χ2v) is 5.76. The van der Waals surface area contributed by atoms with Crippen LogP contribution >= 0.6 is 23.4 Å². The minimum absolute atomic E-state index is 0.169. The molecule has 102 valence electrons. The number of thioether (sulfide) groups is 1. The van der Waals surface area contributed by atoms with E-state index in [0.29, 0.717) is 27.5 Å². The van der Waals surface area contributed by atoms with Gasteiger partial charge >= 0.3 is 0 Å². The van der Waals surface area contributed by atoms with Gasteiger partial charge in [-0.2, -0.15) is 0 Å². The fourth-order valence-corrected chi connectivity index (χ4v) is 2.90. The van der Waals surface area contributed by atoms with E-state index in [2.05, 4.69) is 9.97 Å². The molecule has 1 N–H and O–H groups in total. The van der Waals surface area contributed by atoms with Gasteiger partial charge in [0.1, 0.15) is 11.6 Å². The second-order valence-electron chi connectivity index (χ2n) is 4.30. The van der Waals surface area contributed by atoms with E-state index in [9.17, 15) is 4.79 Å². The van der Waals surface area contributed by atoms with Crippen LogP contribution in [0.3, 0.4) is 0 Å². The van der Waals surface area contributed by atoms with Gasteiger partial charge in [0.25, 0.3) is 5.56 Å². The zero-order valence-electron chi connectivity index (χ0n) is 10.6. The van der Waals surface area contributed by atoms with Gasteiger partial charge in [0.05, 0.1) is 22.9 Å². The maximum absolute atomic E-state index is 12.0. The molecule has 2 aromatic heterocycles. The van der Waals surface area contributed by atoms with E-state index < -0.39 is 0 Å². The Hall–Kier alpha value is -1.72. The smallest absolute Gasteiger partial charge is 0.258 e. The lowest BCUT2D eigenvalue weighted by molar-refractivity contribution is 0.527. The number of furan rings is 1. The molecule has 3 aromatic rings. The first-order valence-electron chi connectivity index (χ1n) is 5.99. The van der Waals surface area contributed by atoms with Gasteiger partial charge in [-0.15, -0.1) is 11.8 Å². The molecule has 4 nitrogen and oxygen atoms in total. The Bertz CT molecular complexity index is 825. The molecule has 0 aliphatic rings. The van der Waals surface area contributed by atoms with Gasteiger partial charge in [-0.3, -0.25) is 4.79 Å². The number of benzene rings is 1. The van der Waals surface area contributed by atoms with Crippen molar-refractivity contribution in [3.05, 3.63) is 57.5 Å². The molecule has 0 aliphatic carbocycles. The molecule has 2 heterocycles. The van der Waals surface area contributed by atoms with Gasteiger partial charge in [0.15, 0.2) is 0 Å². The van der Waals surface area contributed by atoms with Crippen molar-refractivity contribution < 1.29 is 4.42 Å². The third kappa shape index (κ3) is 2.59. The quantitative estimate of drug-likeness (QED) is 0.748. The Morgan fingerprint density at radius 3 is 3.00 bits per heavy atom. The fraction of sp³-hybridized carbons (Fsp3) is 0.143. The molecule has 0 amide bonds. The normalized spacial score (nSPS) is 11.1. The number of halogens is 1. The number of aryl methyl sites for hydroxylation is 1. The number of H-pyrrole nitrogens is 1. The maximum atomic E-state index is 12.0. The van der Waals surface area contributed by atoms with Crippen LogP contribution in [0.5, 0.6) is 0 Å². The molecule has 0 atom stereocenters. The van der Waals surface area contributed by atoms with Crippen LogP contribution in [0.15, 0.2) is 44.6 Å². The van der Waals surface area contributed by atoms with Crippen LogP contribution in [-0.4, -0.2) is 9.97 Å². The molecule has 0 spiro atoms. The highest BCUT2D eigenvalue weighted by Crippen LogP contribution is 2.25. The molecular weight excluding hydrogens is 296 g/mol. The summed E-state index contributed by atoms with van der Waals surface area (Å²) in [7, 11) is 0. The molecule has 0 radical (unpaired) electrons. The van der Waals surface area contributed by atoms with Gasteiger partial charge in [-0.25, -0.2) is 4.98 Å². The maximum Gasteiger partial charge on any atom is 0.258 e. The third-order valence-electron chi connectivity index (χ3n) is 2.89. The zero-order valence-corrected chi connectivity index (χ0v) is 12.2. The first kappa shape index (κ1) is 13.3. The molecule has 0 bridgehead atoms. The van der Waals surface area contributed by atoms with E-state index in [1.807, 2.05) is 13.0 Å². The van der Waals surface area contributed by atoms with Crippen molar-refractivity contribution in [2.24, 2.45) is 0 Å². The summed E-state index contributed by atoms with van der Waals surface area (Å²) in [5.41, 5.74) is 0.481. The van der Waals surface area contributed by atoms with E-state index in [0.717, 1.165) is 10.7 Å². The highest BCUT2D eigenvalue weighted by atomic mass is 35.5. The summed E-state index contributed by atoms with van der Waals surface area (Å²) in [5.74, 6) is 2.08. The number of rotatable bonds is 3. The summed E-state index contributed by atoms with van der Waals surface area (Å²) in [6.45, 7) is 1.90. The second kappa shape index (κ2) is 5.34. The van der Waals surface area contributed by atoms with Gasteiger partial charge in [0, 0.05) is 9.92 Å². The van der Waals surface area contributed by atoms with E-state index in [1.165, 1.54) is 0 Å². The van der Waals surface area contributed by atoms with Gasteiger partial charge in [-0.1, -0.05) is 11.6 Å². The van der Waals surface area contributed by atoms with Gasteiger partial charge in [0.2, 0.25) is 0 Å². The van der Waals surface area contributed by atoms with Crippen molar-refractivity contribution in [2.45, 2.75) is 17.6 Å². The Labute approximate surface area is 124 Å². The molecule has 0 saturated heterocycles. The Morgan fingerprint density at radius 2 is 2.25 bits per heavy atom. The summed E-state index contributed by atoms with van der Waals surface area (Å²) < 4.78 is 5.23. The van der Waals surface area contributed by atoms with Crippen molar-refractivity contribution in [2.75, 3.05) is 0 Å². The highest BCUT2D eigenvalue weighted by molar-refractivity contribution is 7.98. The number of nitrogens with one attached hydrogen (secondary N) is 1. The van der Waals surface area contributed by atoms with E-state index in [1.54, 1.807) is 36.2 Å². The standard InChI is InChI=1S/C14H11ClN2O2S/c1-8-12(4-5-19-8)20-7-13-16-11-3-2-9(15)6-10(11)14(18)17-13/h2-6H,7H2,1H3,(H,16,17,18). The third-order valence-corrected chi connectivity index (χ3v) is 4.28. The van der Waals surface area contributed by atoms with Crippen LogP contribution in [0.4, 0.5) is 0 Å². The molecular formula is C14H11ClN2O2S. The Kier molecular flexibility index (Phi) is 3.54. The van der Waals surface area contributed by atoms with Crippen LogP contribution in [0.1, 0.15) is 11.6 Å². The number of aromatic nitrogens is 2. The predicted molar refractivity (Wildman–Crippen MR) is 80.4 cm³/mol. The summed E-state index contributed by atoms with van der Waals surface area (Å²) >= 11 is 7.46. The Morgan fingerprint density at radius 1 is 1.40 bits per heavy atom. The molecule has 0 unspecified atom stereocenters. The average molecular weight is 307 g/mol.